The average molecular weight is 426 g/mol. The molecule has 0 saturated carbocycles. The molecule has 2 N–H and O–H groups in total. The minimum atomic E-state index is -4.96. The van der Waals surface area contributed by atoms with Crippen molar-refractivity contribution < 1.29 is 36.0 Å². The molecule has 1 aromatic heterocycles. The fourth-order valence-corrected chi connectivity index (χ4v) is 2.96. The maximum atomic E-state index is 13.4. The normalized spacial score (nSPS) is 12.6. The molecule has 5 nitrogen and oxygen atoms in total. The van der Waals surface area contributed by atoms with Crippen molar-refractivity contribution in [3.8, 4) is 0 Å². The first-order valence-corrected chi connectivity index (χ1v) is 8.64. The average Bonchev–Trinajstić information content (AvgIpc) is 2.98. The zero-order chi connectivity index (χ0) is 22.2. The molecule has 1 atom stereocenters. The Kier molecular flexibility index (Phi) is 5.51. The second-order valence-corrected chi connectivity index (χ2v) is 6.57. The van der Waals surface area contributed by atoms with Gasteiger partial charge in [-0.3, -0.25) is 9.59 Å². The number of hydrogen-bond donors (Lipinski definition) is 2. The zero-order valence-electron chi connectivity index (χ0n) is 15.7. The third kappa shape index (κ3) is 4.27. The first-order chi connectivity index (χ1) is 14.0. The Morgan fingerprint density at radius 2 is 1.73 bits per heavy atom. The highest BCUT2D eigenvalue weighted by atomic mass is 19.4. The van der Waals surface area contributed by atoms with E-state index in [0.29, 0.717) is 28.7 Å². The molecule has 0 aliphatic carbocycles. The predicted octanol–water partition coefficient (Wildman–Crippen LogP) is 4.85. The van der Waals surface area contributed by atoms with Crippen molar-refractivity contribution in [1.29, 1.82) is 0 Å². The van der Waals surface area contributed by atoms with Crippen LogP contribution >= 0.6 is 0 Å². The van der Waals surface area contributed by atoms with Gasteiger partial charge in [-0.25, -0.2) is 8.78 Å². The van der Waals surface area contributed by atoms with Crippen LogP contribution < -0.4 is 10.6 Å². The standard InChI is InChI=1S/C20H15F5N2O3/c1-9-13-7-11(21)3-6-16(13)30-17(9)10(2)26-18(28)19(29)27-12-4-5-15(22)14(8-12)20(23,24)25/h3-8,10H,1-2H3,(H,26,28)(H,27,29). The van der Waals surface area contributed by atoms with Gasteiger partial charge in [0, 0.05) is 16.6 Å². The number of rotatable bonds is 3. The van der Waals surface area contributed by atoms with E-state index in [1.54, 1.807) is 6.92 Å². The first kappa shape index (κ1) is 21.3. The largest absolute Gasteiger partial charge is 0.459 e. The first-order valence-electron chi connectivity index (χ1n) is 8.64. The smallest absolute Gasteiger partial charge is 0.419 e. The minimum absolute atomic E-state index is 0.290. The molecule has 2 aromatic carbocycles. The molecule has 30 heavy (non-hydrogen) atoms. The number of benzene rings is 2. The summed E-state index contributed by atoms with van der Waals surface area (Å²) < 4.78 is 70.7. The fraction of sp³-hybridized carbons (Fsp3) is 0.200. The second kappa shape index (κ2) is 7.77. The zero-order valence-corrected chi connectivity index (χ0v) is 15.7. The molecule has 0 bridgehead atoms. The number of anilines is 1. The van der Waals surface area contributed by atoms with Crippen LogP contribution in [0.3, 0.4) is 0 Å². The molecule has 0 spiro atoms. The molecule has 0 aliphatic heterocycles. The van der Waals surface area contributed by atoms with Gasteiger partial charge < -0.3 is 15.1 Å². The summed E-state index contributed by atoms with van der Waals surface area (Å²) in [6, 6.07) is 4.94. The minimum Gasteiger partial charge on any atom is -0.459 e. The number of furan rings is 1. The van der Waals surface area contributed by atoms with Crippen molar-refractivity contribution in [1.82, 2.24) is 5.32 Å². The molecule has 0 aliphatic rings. The van der Waals surface area contributed by atoms with E-state index < -0.39 is 46.9 Å². The topological polar surface area (TPSA) is 71.3 Å². The quantitative estimate of drug-likeness (QED) is 0.465. The van der Waals surface area contributed by atoms with Gasteiger partial charge in [0.25, 0.3) is 0 Å². The Morgan fingerprint density at radius 1 is 1.03 bits per heavy atom. The van der Waals surface area contributed by atoms with Crippen LogP contribution in [0.25, 0.3) is 11.0 Å². The lowest BCUT2D eigenvalue weighted by Crippen LogP contribution is -2.37. The summed E-state index contributed by atoms with van der Waals surface area (Å²) in [5, 5.41) is 4.84. The number of carbonyl (C=O) groups excluding carboxylic acids is 2. The summed E-state index contributed by atoms with van der Waals surface area (Å²) in [6.07, 6.45) is -4.96. The van der Waals surface area contributed by atoms with E-state index in [4.69, 9.17) is 4.42 Å². The maximum Gasteiger partial charge on any atom is 0.419 e. The monoisotopic (exact) mass is 426 g/mol. The van der Waals surface area contributed by atoms with Crippen LogP contribution in [-0.2, 0) is 15.8 Å². The van der Waals surface area contributed by atoms with Crippen LogP contribution in [0.1, 0.15) is 29.9 Å². The number of fused-ring (bicyclic) bond motifs is 1. The van der Waals surface area contributed by atoms with Crippen LogP contribution in [0.2, 0.25) is 0 Å². The molecule has 2 amide bonds. The van der Waals surface area contributed by atoms with Crippen LogP contribution in [0.5, 0.6) is 0 Å². The van der Waals surface area contributed by atoms with Crippen molar-refractivity contribution in [3.63, 3.8) is 0 Å². The summed E-state index contributed by atoms with van der Waals surface area (Å²) in [5.41, 5.74) is -1.02. The molecule has 0 radical (unpaired) electrons. The fourth-order valence-electron chi connectivity index (χ4n) is 2.96. The highest BCUT2D eigenvalue weighted by Crippen LogP contribution is 2.33. The number of carbonyl (C=O) groups is 2. The molecule has 158 valence electrons. The van der Waals surface area contributed by atoms with Gasteiger partial charge in [-0.05, 0) is 50.2 Å². The third-order valence-corrected chi connectivity index (χ3v) is 4.41. The second-order valence-electron chi connectivity index (χ2n) is 6.57. The third-order valence-electron chi connectivity index (χ3n) is 4.41. The van der Waals surface area contributed by atoms with Crippen molar-refractivity contribution in [2.75, 3.05) is 5.32 Å². The lowest BCUT2D eigenvalue weighted by atomic mass is 10.1. The molecule has 3 aromatic rings. The van der Waals surface area contributed by atoms with E-state index in [1.165, 1.54) is 25.1 Å². The van der Waals surface area contributed by atoms with E-state index >= 15 is 0 Å². The number of aryl methyl sites for hydroxylation is 1. The van der Waals surface area contributed by atoms with E-state index in [2.05, 4.69) is 5.32 Å². The van der Waals surface area contributed by atoms with Crippen molar-refractivity contribution in [3.05, 3.63) is 64.9 Å². The van der Waals surface area contributed by atoms with E-state index in [9.17, 15) is 31.5 Å². The van der Waals surface area contributed by atoms with E-state index in [-0.39, 0.29) is 5.76 Å². The van der Waals surface area contributed by atoms with Gasteiger partial charge in [0.1, 0.15) is 23.0 Å². The number of amides is 2. The van der Waals surface area contributed by atoms with Gasteiger partial charge in [0.2, 0.25) is 0 Å². The molecule has 1 heterocycles. The van der Waals surface area contributed by atoms with Crippen LogP contribution in [0.4, 0.5) is 27.6 Å². The lowest BCUT2D eigenvalue weighted by Gasteiger charge is -2.13. The Balaban J connectivity index is 1.73. The van der Waals surface area contributed by atoms with Gasteiger partial charge in [0.15, 0.2) is 0 Å². The number of halogens is 5. The number of hydrogen-bond acceptors (Lipinski definition) is 3. The van der Waals surface area contributed by atoms with Crippen LogP contribution in [-0.4, -0.2) is 11.8 Å². The Morgan fingerprint density at radius 3 is 2.40 bits per heavy atom. The molecule has 1 unspecified atom stereocenters. The number of nitrogens with one attached hydrogen (secondary N) is 2. The maximum absolute atomic E-state index is 13.4. The van der Waals surface area contributed by atoms with Crippen LogP contribution in [0, 0.1) is 18.6 Å². The summed E-state index contributed by atoms with van der Waals surface area (Å²) >= 11 is 0. The van der Waals surface area contributed by atoms with Gasteiger partial charge in [-0.1, -0.05) is 0 Å². The van der Waals surface area contributed by atoms with E-state index in [1.807, 2.05) is 5.32 Å². The van der Waals surface area contributed by atoms with Crippen molar-refractivity contribution in [2.45, 2.75) is 26.1 Å². The highest BCUT2D eigenvalue weighted by molar-refractivity contribution is 6.39. The Bertz CT molecular complexity index is 1140. The number of alkyl halides is 3. The SMILES string of the molecule is Cc1c(C(C)NC(=O)C(=O)Nc2ccc(F)c(C(F)(F)F)c2)oc2ccc(F)cc12. The molecule has 10 heteroatoms. The van der Waals surface area contributed by atoms with Gasteiger partial charge in [-0.2, -0.15) is 13.2 Å². The van der Waals surface area contributed by atoms with Crippen molar-refractivity contribution in [2.24, 2.45) is 0 Å². The summed E-state index contributed by atoms with van der Waals surface area (Å²) in [6.45, 7) is 3.17. The highest BCUT2D eigenvalue weighted by Gasteiger charge is 2.34. The molecular weight excluding hydrogens is 411 g/mol. The van der Waals surface area contributed by atoms with Crippen LogP contribution in [0.15, 0.2) is 40.8 Å². The molecular formula is C20H15F5N2O3. The van der Waals surface area contributed by atoms with Gasteiger partial charge in [-0.15, -0.1) is 0 Å². The Labute approximate surface area is 166 Å². The van der Waals surface area contributed by atoms with Gasteiger partial charge >= 0.3 is 18.0 Å². The van der Waals surface area contributed by atoms with Gasteiger partial charge in [0.05, 0.1) is 11.6 Å². The Hall–Kier alpha value is -3.43. The summed E-state index contributed by atoms with van der Waals surface area (Å²) in [7, 11) is 0. The molecule has 0 fully saturated rings. The summed E-state index contributed by atoms with van der Waals surface area (Å²) in [4.78, 5) is 24.2. The predicted molar refractivity (Wildman–Crippen MR) is 97.5 cm³/mol. The van der Waals surface area contributed by atoms with E-state index in [0.717, 1.165) is 6.07 Å². The summed E-state index contributed by atoms with van der Waals surface area (Å²) in [5.74, 6) is -4.08. The van der Waals surface area contributed by atoms with Crippen molar-refractivity contribution >= 4 is 28.5 Å². The molecule has 3 rings (SSSR count). The molecule has 0 saturated heterocycles. The lowest BCUT2D eigenvalue weighted by molar-refractivity contribution is -0.140.